The van der Waals surface area contributed by atoms with Crippen LogP contribution in [0.4, 0.5) is 5.69 Å². The number of carbonyl (C=O) groups is 1. The molecule has 2 fully saturated rings. The second-order valence-corrected chi connectivity index (χ2v) is 9.82. The van der Waals surface area contributed by atoms with Crippen molar-refractivity contribution in [1.29, 1.82) is 0 Å². The predicted octanol–water partition coefficient (Wildman–Crippen LogP) is 0.207. The van der Waals surface area contributed by atoms with Gasteiger partial charge in [0.15, 0.2) is 6.54 Å². The Morgan fingerprint density at radius 2 is 1.74 bits per heavy atom. The van der Waals surface area contributed by atoms with E-state index in [1.165, 1.54) is 4.90 Å². The highest BCUT2D eigenvalue weighted by Gasteiger charge is 2.31. The number of nitrogens with one attached hydrogen (secondary N) is 2. The van der Waals surface area contributed by atoms with Crippen molar-refractivity contribution in [3.63, 3.8) is 0 Å². The van der Waals surface area contributed by atoms with E-state index >= 15 is 0 Å². The first-order chi connectivity index (χ1) is 12.8. The number of benzene rings is 1. The van der Waals surface area contributed by atoms with E-state index in [-0.39, 0.29) is 10.8 Å². The number of morpholine rings is 1. The van der Waals surface area contributed by atoms with Crippen molar-refractivity contribution in [1.82, 2.24) is 4.31 Å². The maximum absolute atomic E-state index is 12.9. The van der Waals surface area contributed by atoms with Gasteiger partial charge in [-0.1, -0.05) is 13.8 Å². The summed E-state index contributed by atoms with van der Waals surface area (Å²) in [5.41, 5.74) is 0.618. The minimum atomic E-state index is -3.49. The molecule has 0 bridgehead atoms. The van der Waals surface area contributed by atoms with Crippen LogP contribution in [0.5, 0.6) is 0 Å². The first-order valence-electron chi connectivity index (χ1n) is 9.66. The van der Waals surface area contributed by atoms with Crippen LogP contribution in [0.15, 0.2) is 29.2 Å². The summed E-state index contributed by atoms with van der Waals surface area (Å²) >= 11 is 0. The summed E-state index contributed by atoms with van der Waals surface area (Å²) in [6.07, 6.45) is 1.06. The lowest BCUT2D eigenvalue weighted by molar-refractivity contribution is -0.899. The fourth-order valence-electron chi connectivity index (χ4n) is 3.93. The lowest BCUT2D eigenvalue weighted by atomic mass is 9.94. The SMILES string of the molecule is C[C@@H]1C[C@H](C)CN(S(=O)(=O)c2ccc(NC(=O)C[NH+]3CCOCC3)cc2)C1. The minimum Gasteiger partial charge on any atom is -0.370 e. The van der Waals surface area contributed by atoms with Gasteiger partial charge in [-0.2, -0.15) is 4.31 Å². The van der Waals surface area contributed by atoms with Gasteiger partial charge >= 0.3 is 0 Å². The van der Waals surface area contributed by atoms with Gasteiger partial charge in [-0.15, -0.1) is 0 Å². The van der Waals surface area contributed by atoms with Crippen molar-refractivity contribution < 1.29 is 22.8 Å². The van der Waals surface area contributed by atoms with E-state index in [0.717, 1.165) is 19.5 Å². The molecule has 7 nitrogen and oxygen atoms in total. The molecule has 0 radical (unpaired) electrons. The largest absolute Gasteiger partial charge is 0.370 e. The molecular formula is C19H30N3O4S+. The Balaban J connectivity index is 1.61. The summed E-state index contributed by atoms with van der Waals surface area (Å²) in [4.78, 5) is 13.7. The summed E-state index contributed by atoms with van der Waals surface area (Å²) in [5.74, 6) is 0.663. The first-order valence-corrected chi connectivity index (χ1v) is 11.1. The predicted molar refractivity (Wildman–Crippen MR) is 103 cm³/mol. The summed E-state index contributed by atoms with van der Waals surface area (Å²) in [6.45, 7) is 8.73. The summed E-state index contributed by atoms with van der Waals surface area (Å²) < 4.78 is 32.7. The molecule has 1 aromatic carbocycles. The van der Waals surface area contributed by atoms with Crippen molar-refractivity contribution in [2.24, 2.45) is 11.8 Å². The monoisotopic (exact) mass is 396 g/mol. The summed E-state index contributed by atoms with van der Waals surface area (Å²) in [6, 6.07) is 6.49. The molecule has 2 atom stereocenters. The van der Waals surface area contributed by atoms with Crippen LogP contribution in [-0.2, 0) is 19.6 Å². The molecule has 3 rings (SSSR count). The van der Waals surface area contributed by atoms with E-state index in [0.29, 0.717) is 50.4 Å². The molecule has 2 N–H and O–H groups in total. The smallest absolute Gasteiger partial charge is 0.279 e. The molecule has 27 heavy (non-hydrogen) atoms. The molecule has 2 heterocycles. The van der Waals surface area contributed by atoms with Crippen molar-refractivity contribution in [2.75, 3.05) is 51.3 Å². The van der Waals surface area contributed by atoms with Crippen molar-refractivity contribution in [2.45, 2.75) is 25.2 Å². The maximum atomic E-state index is 12.9. The van der Waals surface area contributed by atoms with Crippen LogP contribution in [0.1, 0.15) is 20.3 Å². The van der Waals surface area contributed by atoms with Gasteiger partial charge in [0, 0.05) is 18.8 Å². The van der Waals surface area contributed by atoms with Gasteiger partial charge in [0.25, 0.3) is 5.91 Å². The van der Waals surface area contributed by atoms with Crippen LogP contribution in [0, 0.1) is 11.8 Å². The lowest BCUT2D eigenvalue weighted by Crippen LogP contribution is -3.15. The van der Waals surface area contributed by atoms with Gasteiger partial charge in [0.1, 0.15) is 13.1 Å². The van der Waals surface area contributed by atoms with Crippen LogP contribution < -0.4 is 10.2 Å². The Kier molecular flexibility index (Phi) is 6.52. The molecule has 1 amide bonds. The molecule has 8 heteroatoms. The zero-order valence-electron chi connectivity index (χ0n) is 16.1. The normalized spacial score (nSPS) is 25.3. The molecule has 0 saturated carbocycles. The Bertz CT molecular complexity index is 735. The van der Waals surface area contributed by atoms with E-state index < -0.39 is 10.0 Å². The number of amides is 1. The number of carbonyl (C=O) groups excluding carboxylic acids is 1. The van der Waals surface area contributed by atoms with Crippen molar-refractivity contribution in [3.05, 3.63) is 24.3 Å². The lowest BCUT2D eigenvalue weighted by Gasteiger charge is -2.34. The average molecular weight is 397 g/mol. The van der Waals surface area contributed by atoms with E-state index in [4.69, 9.17) is 4.74 Å². The highest BCUT2D eigenvalue weighted by Crippen LogP contribution is 2.27. The van der Waals surface area contributed by atoms with Gasteiger partial charge in [-0.3, -0.25) is 4.79 Å². The Morgan fingerprint density at radius 1 is 1.15 bits per heavy atom. The van der Waals surface area contributed by atoms with Crippen LogP contribution in [0.3, 0.4) is 0 Å². The van der Waals surface area contributed by atoms with E-state index in [9.17, 15) is 13.2 Å². The minimum absolute atomic E-state index is 0.0683. The second-order valence-electron chi connectivity index (χ2n) is 7.88. The van der Waals surface area contributed by atoms with Crippen molar-refractivity contribution >= 4 is 21.6 Å². The molecule has 150 valence electrons. The van der Waals surface area contributed by atoms with Crippen LogP contribution in [0.2, 0.25) is 0 Å². The molecule has 0 spiro atoms. The topological polar surface area (TPSA) is 80.2 Å². The number of hydrogen-bond donors (Lipinski definition) is 2. The van der Waals surface area contributed by atoms with E-state index in [2.05, 4.69) is 19.2 Å². The van der Waals surface area contributed by atoms with Gasteiger partial charge in [-0.25, -0.2) is 8.42 Å². The molecule has 2 aliphatic heterocycles. The molecule has 0 aliphatic carbocycles. The van der Waals surface area contributed by atoms with Gasteiger partial charge < -0.3 is 15.0 Å². The second kappa shape index (κ2) is 8.68. The Morgan fingerprint density at radius 3 is 2.33 bits per heavy atom. The van der Waals surface area contributed by atoms with Crippen LogP contribution >= 0.6 is 0 Å². The Labute approximate surface area is 161 Å². The number of anilines is 1. The highest BCUT2D eigenvalue weighted by atomic mass is 32.2. The van der Waals surface area contributed by atoms with E-state index in [1.807, 2.05) is 0 Å². The number of nitrogens with zero attached hydrogens (tertiary/aromatic N) is 1. The third kappa shape index (κ3) is 5.28. The van der Waals surface area contributed by atoms with Crippen LogP contribution in [-0.4, -0.2) is 64.6 Å². The maximum Gasteiger partial charge on any atom is 0.279 e. The quantitative estimate of drug-likeness (QED) is 0.746. The van der Waals surface area contributed by atoms with Crippen molar-refractivity contribution in [3.8, 4) is 0 Å². The number of hydrogen-bond acceptors (Lipinski definition) is 4. The zero-order valence-corrected chi connectivity index (χ0v) is 16.9. The number of ether oxygens (including phenoxy) is 1. The third-order valence-corrected chi connectivity index (χ3v) is 7.07. The van der Waals surface area contributed by atoms with Gasteiger partial charge in [0.05, 0.1) is 18.1 Å². The average Bonchev–Trinajstić information content (AvgIpc) is 2.62. The molecular weight excluding hydrogens is 366 g/mol. The first kappa shape index (κ1) is 20.3. The van der Waals surface area contributed by atoms with Gasteiger partial charge in [-0.05, 0) is 42.5 Å². The highest BCUT2D eigenvalue weighted by molar-refractivity contribution is 7.89. The number of rotatable bonds is 5. The van der Waals surface area contributed by atoms with E-state index in [1.54, 1.807) is 28.6 Å². The summed E-state index contributed by atoms with van der Waals surface area (Å²) in [7, 11) is -3.49. The molecule has 1 aromatic rings. The summed E-state index contributed by atoms with van der Waals surface area (Å²) in [5, 5.41) is 2.85. The number of sulfonamides is 1. The zero-order chi connectivity index (χ0) is 19.4. The number of quaternary nitrogens is 1. The fraction of sp³-hybridized carbons (Fsp3) is 0.632. The molecule has 2 aliphatic rings. The molecule has 0 aromatic heterocycles. The Hall–Kier alpha value is -1.48. The van der Waals surface area contributed by atoms with Crippen LogP contribution in [0.25, 0.3) is 0 Å². The van der Waals surface area contributed by atoms with Gasteiger partial charge in [0.2, 0.25) is 10.0 Å². The third-order valence-electron chi connectivity index (χ3n) is 5.22. The number of piperidine rings is 1. The fourth-order valence-corrected chi connectivity index (χ4v) is 5.61. The standard InChI is InChI=1S/C19H29N3O4S/c1-15-11-16(2)13-22(12-15)27(24,25)18-5-3-17(4-6-18)20-19(23)14-21-7-9-26-10-8-21/h3-6,15-16H,7-14H2,1-2H3,(H,20,23)/p+1/t15-,16+. The molecule has 0 unspecified atom stereocenters. The molecule has 2 saturated heterocycles.